The van der Waals surface area contributed by atoms with Gasteiger partial charge in [-0.05, 0) is 55.7 Å². The Balaban J connectivity index is 2.22. The van der Waals surface area contributed by atoms with Crippen LogP contribution in [0.4, 0.5) is 11.4 Å². The fourth-order valence-electron chi connectivity index (χ4n) is 2.90. The number of hydrogen-bond donors (Lipinski definition) is 1. The van der Waals surface area contributed by atoms with E-state index in [4.69, 9.17) is 4.74 Å². The Kier molecular flexibility index (Phi) is 7.39. The number of carbonyl (C=O) groups is 2. The third kappa shape index (κ3) is 5.80. The number of ether oxygens (including phenoxy) is 1. The lowest BCUT2D eigenvalue weighted by atomic mass is 10.1. The van der Waals surface area contributed by atoms with Gasteiger partial charge in [-0.2, -0.15) is 0 Å². The van der Waals surface area contributed by atoms with Crippen molar-refractivity contribution in [3.05, 3.63) is 59.2 Å². The van der Waals surface area contributed by atoms with E-state index < -0.39 is 21.9 Å². The van der Waals surface area contributed by atoms with Crippen LogP contribution in [-0.2, 0) is 26.0 Å². The van der Waals surface area contributed by atoms with Crippen LogP contribution in [0.3, 0.4) is 0 Å². The summed E-state index contributed by atoms with van der Waals surface area (Å²) in [6.45, 7) is 5.32. The highest BCUT2D eigenvalue weighted by Gasteiger charge is 2.23. The van der Waals surface area contributed by atoms with Gasteiger partial charge in [0.1, 0.15) is 6.54 Å². The first kappa shape index (κ1) is 22.4. The van der Waals surface area contributed by atoms with E-state index in [0.717, 1.165) is 16.1 Å². The number of amides is 1. The Hall–Kier alpha value is -2.87. The summed E-state index contributed by atoms with van der Waals surface area (Å²) in [4.78, 5) is 24.4. The zero-order valence-corrected chi connectivity index (χ0v) is 17.9. The van der Waals surface area contributed by atoms with Crippen LogP contribution in [0.1, 0.15) is 35.3 Å². The number of anilines is 2. The molecule has 8 heteroatoms. The highest BCUT2D eigenvalue weighted by Crippen LogP contribution is 2.24. The van der Waals surface area contributed by atoms with Gasteiger partial charge in [-0.3, -0.25) is 9.10 Å². The number of sulfonamides is 1. The van der Waals surface area contributed by atoms with E-state index in [2.05, 4.69) is 5.32 Å². The third-order valence-corrected chi connectivity index (χ3v) is 5.47. The monoisotopic (exact) mass is 418 g/mol. The highest BCUT2D eigenvalue weighted by atomic mass is 32.2. The summed E-state index contributed by atoms with van der Waals surface area (Å²) in [5.74, 6) is -0.916. The van der Waals surface area contributed by atoms with Crippen LogP contribution < -0.4 is 9.62 Å². The van der Waals surface area contributed by atoms with Gasteiger partial charge in [0.15, 0.2) is 0 Å². The van der Waals surface area contributed by atoms with Gasteiger partial charge in [0.2, 0.25) is 15.9 Å². The van der Waals surface area contributed by atoms with Gasteiger partial charge in [0, 0.05) is 5.69 Å². The van der Waals surface area contributed by atoms with Crippen LogP contribution in [0.5, 0.6) is 0 Å². The largest absolute Gasteiger partial charge is 0.462 e. The molecular formula is C21H26N2O5S. The van der Waals surface area contributed by atoms with E-state index >= 15 is 0 Å². The van der Waals surface area contributed by atoms with Crippen LogP contribution in [0.2, 0.25) is 0 Å². The minimum Gasteiger partial charge on any atom is -0.462 e. The molecule has 0 aliphatic carbocycles. The summed E-state index contributed by atoms with van der Waals surface area (Å²) < 4.78 is 30.7. The first-order valence-electron chi connectivity index (χ1n) is 9.30. The molecule has 0 aliphatic heterocycles. The Labute approximate surface area is 171 Å². The average molecular weight is 419 g/mol. The lowest BCUT2D eigenvalue weighted by Gasteiger charge is -2.24. The molecule has 1 N–H and O–H groups in total. The zero-order chi connectivity index (χ0) is 21.6. The smallest absolute Gasteiger partial charge is 0.338 e. The molecule has 0 aliphatic rings. The van der Waals surface area contributed by atoms with Gasteiger partial charge in [-0.25, -0.2) is 13.2 Å². The van der Waals surface area contributed by atoms with E-state index in [-0.39, 0.29) is 13.2 Å². The van der Waals surface area contributed by atoms with Crippen LogP contribution in [-0.4, -0.2) is 39.7 Å². The van der Waals surface area contributed by atoms with E-state index in [1.54, 1.807) is 44.2 Å². The molecule has 7 nitrogen and oxygen atoms in total. The Bertz CT molecular complexity index is 1000. The summed E-state index contributed by atoms with van der Waals surface area (Å²) in [7, 11) is -3.66. The molecule has 0 bridgehead atoms. The molecule has 0 unspecified atom stereocenters. The van der Waals surface area contributed by atoms with Crippen molar-refractivity contribution in [3.63, 3.8) is 0 Å². The fourth-order valence-corrected chi connectivity index (χ4v) is 3.79. The number of nitrogens with one attached hydrogen (secondary N) is 1. The lowest BCUT2D eigenvalue weighted by Crippen LogP contribution is -2.38. The Morgan fingerprint density at radius 2 is 1.79 bits per heavy atom. The molecular weight excluding hydrogens is 392 g/mol. The molecule has 0 saturated carbocycles. The normalized spacial score (nSPS) is 11.0. The average Bonchev–Trinajstić information content (AvgIpc) is 2.67. The first-order chi connectivity index (χ1) is 13.7. The van der Waals surface area contributed by atoms with Crippen molar-refractivity contribution in [2.75, 3.05) is 29.0 Å². The lowest BCUT2D eigenvalue weighted by molar-refractivity contribution is -0.114. The maximum atomic E-state index is 12.6. The summed E-state index contributed by atoms with van der Waals surface area (Å²) in [5.41, 5.74) is 2.88. The summed E-state index contributed by atoms with van der Waals surface area (Å²) in [6.07, 6.45) is 1.71. The SMILES string of the molecule is CCOC(=O)c1ccc(NC(=O)CN(c2ccccc2CC)S(C)(=O)=O)c(C)c1. The molecule has 0 fully saturated rings. The van der Waals surface area contributed by atoms with E-state index in [1.807, 2.05) is 19.1 Å². The number of hydrogen-bond acceptors (Lipinski definition) is 5. The van der Waals surface area contributed by atoms with Crippen LogP contribution in [0.15, 0.2) is 42.5 Å². The molecule has 2 aromatic carbocycles. The molecule has 2 rings (SSSR count). The molecule has 0 spiro atoms. The van der Waals surface area contributed by atoms with Crippen molar-refractivity contribution in [3.8, 4) is 0 Å². The van der Waals surface area contributed by atoms with Crippen LogP contribution in [0, 0.1) is 6.92 Å². The number of para-hydroxylation sites is 1. The standard InChI is InChI=1S/C21H26N2O5S/c1-5-16-9-7-8-10-19(16)23(29(4,26)27)14-20(24)22-18-12-11-17(13-15(18)3)21(25)28-6-2/h7-13H,5-6,14H2,1-4H3,(H,22,24). The van der Waals surface area contributed by atoms with Crippen molar-refractivity contribution in [1.82, 2.24) is 0 Å². The Morgan fingerprint density at radius 3 is 2.38 bits per heavy atom. The number of benzene rings is 2. The molecule has 29 heavy (non-hydrogen) atoms. The predicted molar refractivity (Wildman–Crippen MR) is 114 cm³/mol. The maximum absolute atomic E-state index is 12.6. The van der Waals surface area contributed by atoms with Crippen molar-refractivity contribution < 1.29 is 22.7 Å². The quantitative estimate of drug-likeness (QED) is 0.665. The van der Waals surface area contributed by atoms with Gasteiger partial charge in [-0.1, -0.05) is 25.1 Å². The van der Waals surface area contributed by atoms with Gasteiger partial charge in [-0.15, -0.1) is 0 Å². The number of rotatable bonds is 8. The van der Waals surface area contributed by atoms with Gasteiger partial charge < -0.3 is 10.1 Å². The first-order valence-corrected chi connectivity index (χ1v) is 11.2. The second kappa shape index (κ2) is 9.56. The highest BCUT2D eigenvalue weighted by molar-refractivity contribution is 7.92. The second-order valence-electron chi connectivity index (χ2n) is 6.55. The second-order valence-corrected chi connectivity index (χ2v) is 8.46. The van der Waals surface area contributed by atoms with Crippen LogP contribution >= 0.6 is 0 Å². The molecule has 2 aromatic rings. The molecule has 0 saturated heterocycles. The number of carbonyl (C=O) groups excluding carboxylic acids is 2. The van der Waals surface area contributed by atoms with E-state index in [1.165, 1.54) is 0 Å². The summed E-state index contributed by atoms with van der Waals surface area (Å²) in [5, 5.41) is 2.72. The Morgan fingerprint density at radius 1 is 1.10 bits per heavy atom. The number of aryl methyl sites for hydroxylation is 2. The van der Waals surface area contributed by atoms with Crippen LogP contribution in [0.25, 0.3) is 0 Å². The molecule has 1 amide bonds. The molecule has 0 heterocycles. The van der Waals surface area contributed by atoms with E-state index in [9.17, 15) is 18.0 Å². The summed E-state index contributed by atoms with van der Waals surface area (Å²) in [6, 6.07) is 11.9. The summed E-state index contributed by atoms with van der Waals surface area (Å²) >= 11 is 0. The van der Waals surface area contributed by atoms with Gasteiger partial charge in [0.25, 0.3) is 0 Å². The topological polar surface area (TPSA) is 92.8 Å². The van der Waals surface area contributed by atoms with Crippen molar-refractivity contribution in [1.29, 1.82) is 0 Å². The molecule has 0 atom stereocenters. The molecule has 0 radical (unpaired) electrons. The number of esters is 1. The predicted octanol–water partition coefficient (Wildman–Crippen LogP) is 3.14. The van der Waals surface area contributed by atoms with Gasteiger partial charge in [0.05, 0.1) is 24.1 Å². The maximum Gasteiger partial charge on any atom is 0.338 e. The number of nitrogens with zero attached hydrogens (tertiary/aromatic N) is 1. The zero-order valence-electron chi connectivity index (χ0n) is 17.1. The van der Waals surface area contributed by atoms with Crippen molar-refractivity contribution >= 4 is 33.3 Å². The third-order valence-electron chi connectivity index (χ3n) is 4.34. The van der Waals surface area contributed by atoms with E-state index in [0.29, 0.717) is 28.9 Å². The minimum atomic E-state index is -3.66. The van der Waals surface area contributed by atoms with Crippen molar-refractivity contribution in [2.24, 2.45) is 0 Å². The fraction of sp³-hybridized carbons (Fsp3) is 0.333. The van der Waals surface area contributed by atoms with Gasteiger partial charge >= 0.3 is 5.97 Å². The molecule has 0 aromatic heterocycles. The minimum absolute atomic E-state index is 0.275. The van der Waals surface area contributed by atoms with Crippen molar-refractivity contribution in [2.45, 2.75) is 27.2 Å². The molecule has 156 valence electrons.